The van der Waals surface area contributed by atoms with Crippen molar-refractivity contribution in [2.75, 3.05) is 12.3 Å². The maximum atomic E-state index is 12.3. The van der Waals surface area contributed by atoms with E-state index in [1.807, 2.05) is 11.5 Å². The van der Waals surface area contributed by atoms with Gasteiger partial charge in [-0.2, -0.15) is 0 Å². The van der Waals surface area contributed by atoms with Crippen molar-refractivity contribution in [2.24, 2.45) is 0 Å². The summed E-state index contributed by atoms with van der Waals surface area (Å²) >= 11 is 3.49. The average Bonchev–Trinajstić information content (AvgIpc) is 3.07. The molecule has 1 N–H and O–H groups in total. The first-order valence-corrected chi connectivity index (χ1v) is 8.48. The van der Waals surface area contributed by atoms with E-state index in [0.717, 1.165) is 18.0 Å². The largest absolute Gasteiger partial charge is 0.353 e. The van der Waals surface area contributed by atoms with E-state index in [1.54, 1.807) is 29.4 Å². The molecular formula is C13H16N4OS2. The number of hydrogen-bond donors (Lipinski definition) is 1. The van der Waals surface area contributed by atoms with Crippen LogP contribution in [0.3, 0.4) is 0 Å². The van der Waals surface area contributed by atoms with Crippen LogP contribution in [-0.2, 0) is 17.8 Å². The van der Waals surface area contributed by atoms with E-state index in [0.29, 0.717) is 13.1 Å². The van der Waals surface area contributed by atoms with Crippen molar-refractivity contribution in [3.63, 3.8) is 0 Å². The van der Waals surface area contributed by atoms with Crippen LogP contribution in [0.25, 0.3) is 0 Å². The zero-order valence-electron chi connectivity index (χ0n) is 11.2. The highest BCUT2D eigenvalue weighted by atomic mass is 32.2. The summed E-state index contributed by atoms with van der Waals surface area (Å²) in [6.07, 6.45) is 2.77. The second-order valence-electron chi connectivity index (χ2n) is 4.66. The number of carbonyl (C=O) groups is 1. The first-order chi connectivity index (χ1) is 9.75. The van der Waals surface area contributed by atoms with Gasteiger partial charge in [0.15, 0.2) is 0 Å². The normalized spacial score (nSPS) is 17.8. The number of nitrogens with one attached hydrogen (secondary N) is 1. The lowest BCUT2D eigenvalue weighted by atomic mass is 10.1. The fourth-order valence-corrected chi connectivity index (χ4v) is 4.61. The number of amides is 1. The Morgan fingerprint density at radius 1 is 1.60 bits per heavy atom. The number of thioether (sulfide) groups is 1. The van der Waals surface area contributed by atoms with Gasteiger partial charge in [-0.05, 0) is 36.1 Å². The summed E-state index contributed by atoms with van der Waals surface area (Å²) in [5.41, 5.74) is 1.20. The summed E-state index contributed by atoms with van der Waals surface area (Å²) in [6.45, 7) is 3.22. The van der Waals surface area contributed by atoms with Gasteiger partial charge in [-0.3, -0.25) is 4.79 Å². The molecule has 3 heterocycles. The van der Waals surface area contributed by atoms with Gasteiger partial charge in [0, 0.05) is 18.0 Å². The lowest BCUT2D eigenvalue weighted by Gasteiger charge is -2.21. The highest BCUT2D eigenvalue weighted by Crippen LogP contribution is 2.39. The van der Waals surface area contributed by atoms with Crippen LogP contribution >= 0.6 is 23.1 Å². The Balaban J connectivity index is 1.57. The minimum Gasteiger partial charge on any atom is -0.353 e. The molecular weight excluding hydrogens is 292 g/mol. The molecule has 7 heteroatoms. The number of hydrogen-bond acceptors (Lipinski definition) is 5. The first kappa shape index (κ1) is 13.6. The summed E-state index contributed by atoms with van der Waals surface area (Å²) in [5, 5.41) is 12.8. The highest BCUT2D eigenvalue weighted by Gasteiger charge is 2.27. The summed E-state index contributed by atoms with van der Waals surface area (Å²) in [5.74, 6) is 2.00. The third-order valence-electron chi connectivity index (χ3n) is 3.38. The number of fused-ring (bicyclic) bond motifs is 1. The molecule has 0 spiro atoms. The summed E-state index contributed by atoms with van der Waals surface area (Å²) < 4.78 is 1.93. The molecule has 2 aromatic heterocycles. The lowest BCUT2D eigenvalue weighted by Crippen LogP contribution is -2.32. The average molecular weight is 308 g/mol. The first-order valence-electron chi connectivity index (χ1n) is 6.55. The van der Waals surface area contributed by atoms with Gasteiger partial charge in [0.05, 0.1) is 0 Å². The maximum Gasteiger partial charge on any atom is 0.237 e. The lowest BCUT2D eigenvalue weighted by molar-refractivity contribution is -0.120. The Morgan fingerprint density at radius 2 is 2.50 bits per heavy atom. The quantitative estimate of drug-likeness (QED) is 0.935. The third kappa shape index (κ3) is 2.73. The summed E-state index contributed by atoms with van der Waals surface area (Å²) in [4.78, 5) is 13.7. The molecule has 0 fully saturated rings. The Hall–Kier alpha value is -1.34. The van der Waals surface area contributed by atoms with Crippen LogP contribution in [-0.4, -0.2) is 33.0 Å². The number of aryl methyl sites for hydroxylation is 2. The Morgan fingerprint density at radius 3 is 3.30 bits per heavy atom. The molecule has 1 unspecified atom stereocenters. The van der Waals surface area contributed by atoms with E-state index in [1.165, 1.54) is 10.4 Å². The molecule has 0 saturated heterocycles. The van der Waals surface area contributed by atoms with Crippen molar-refractivity contribution in [1.29, 1.82) is 0 Å². The zero-order valence-corrected chi connectivity index (χ0v) is 12.8. The van der Waals surface area contributed by atoms with Crippen LogP contribution in [0.2, 0.25) is 0 Å². The van der Waals surface area contributed by atoms with Crippen molar-refractivity contribution in [3.8, 4) is 0 Å². The molecule has 1 amide bonds. The van der Waals surface area contributed by atoms with Crippen LogP contribution < -0.4 is 5.32 Å². The smallest absolute Gasteiger partial charge is 0.237 e. The molecule has 0 aliphatic carbocycles. The van der Waals surface area contributed by atoms with Gasteiger partial charge in [-0.1, -0.05) is 0 Å². The molecule has 0 bridgehead atoms. The highest BCUT2D eigenvalue weighted by molar-refractivity contribution is 8.00. The molecule has 1 aliphatic rings. The second kappa shape index (κ2) is 5.97. The van der Waals surface area contributed by atoms with Crippen LogP contribution in [0.15, 0.2) is 17.8 Å². The molecule has 5 nitrogen and oxygen atoms in total. The van der Waals surface area contributed by atoms with Crippen LogP contribution in [0, 0.1) is 6.92 Å². The number of nitrogens with zero attached hydrogens (tertiary/aromatic N) is 3. The number of thiophene rings is 1. The van der Waals surface area contributed by atoms with Gasteiger partial charge in [-0.25, -0.2) is 0 Å². The molecule has 0 saturated carbocycles. The molecule has 2 aromatic rings. The topological polar surface area (TPSA) is 59.8 Å². The molecule has 1 atom stereocenters. The molecule has 106 valence electrons. The summed E-state index contributed by atoms with van der Waals surface area (Å²) in [6, 6.07) is 2.08. The van der Waals surface area contributed by atoms with Crippen LogP contribution in [0.1, 0.15) is 21.5 Å². The molecule has 0 aromatic carbocycles. The van der Waals surface area contributed by atoms with Gasteiger partial charge < -0.3 is 9.88 Å². The zero-order chi connectivity index (χ0) is 13.9. The standard InChI is InChI=1S/C13H16N4OS2/c1-9-16-15-8-17(9)5-4-14-13(18)12-10-2-6-19-11(10)3-7-20-12/h2,6,8,12H,3-5,7H2,1H3,(H,14,18). The number of rotatable bonds is 4. The minimum absolute atomic E-state index is 0.0491. The monoisotopic (exact) mass is 308 g/mol. The predicted octanol–water partition coefficient (Wildman–Crippen LogP) is 1.79. The van der Waals surface area contributed by atoms with Gasteiger partial charge in [0.1, 0.15) is 17.4 Å². The van der Waals surface area contributed by atoms with E-state index in [-0.39, 0.29) is 11.2 Å². The van der Waals surface area contributed by atoms with E-state index in [4.69, 9.17) is 0 Å². The molecule has 0 radical (unpaired) electrons. The SMILES string of the molecule is Cc1nncn1CCNC(=O)C1SCCc2sccc21. The van der Waals surface area contributed by atoms with Gasteiger partial charge in [0.25, 0.3) is 0 Å². The van der Waals surface area contributed by atoms with Crippen LogP contribution in [0.5, 0.6) is 0 Å². The Labute approximate surface area is 125 Å². The fourth-order valence-electron chi connectivity index (χ4n) is 2.29. The van der Waals surface area contributed by atoms with E-state index >= 15 is 0 Å². The van der Waals surface area contributed by atoms with Crippen LogP contribution in [0.4, 0.5) is 0 Å². The van der Waals surface area contributed by atoms with E-state index < -0.39 is 0 Å². The van der Waals surface area contributed by atoms with Gasteiger partial charge >= 0.3 is 0 Å². The van der Waals surface area contributed by atoms with Gasteiger partial charge in [0.2, 0.25) is 5.91 Å². The number of carbonyl (C=O) groups excluding carboxylic acids is 1. The van der Waals surface area contributed by atoms with E-state index in [9.17, 15) is 4.79 Å². The second-order valence-corrected chi connectivity index (χ2v) is 6.88. The Kier molecular flexibility index (Phi) is 4.07. The van der Waals surface area contributed by atoms with Crippen molar-refractivity contribution >= 4 is 29.0 Å². The third-order valence-corrected chi connectivity index (χ3v) is 5.61. The Bertz CT molecular complexity index is 607. The van der Waals surface area contributed by atoms with Crippen molar-refractivity contribution < 1.29 is 4.79 Å². The molecule has 3 rings (SSSR count). The molecule has 20 heavy (non-hydrogen) atoms. The van der Waals surface area contributed by atoms with Crippen molar-refractivity contribution in [3.05, 3.63) is 34.0 Å². The summed E-state index contributed by atoms with van der Waals surface area (Å²) in [7, 11) is 0. The fraction of sp³-hybridized carbons (Fsp3) is 0.462. The van der Waals surface area contributed by atoms with Crippen molar-refractivity contribution in [1.82, 2.24) is 20.1 Å². The number of aromatic nitrogens is 3. The predicted molar refractivity (Wildman–Crippen MR) is 81.0 cm³/mol. The maximum absolute atomic E-state index is 12.3. The van der Waals surface area contributed by atoms with E-state index in [2.05, 4.69) is 27.0 Å². The molecule has 1 aliphatic heterocycles. The minimum atomic E-state index is -0.0491. The van der Waals surface area contributed by atoms with Gasteiger partial charge in [-0.15, -0.1) is 33.3 Å². The van der Waals surface area contributed by atoms with Crippen molar-refractivity contribution in [2.45, 2.75) is 25.1 Å².